The Balaban J connectivity index is 1.88. The molecule has 0 saturated carbocycles. The number of carbonyl (C=O) groups excluding carboxylic acids is 1. The standard InChI is InChI=1S/C20H19Cl2N3O4S/c1-29-10-9-25(13-20(26)24-15-5-6-17(21)18(22)11-15)30(27,28)19-4-2-3-14-12-23-8-7-16(14)19/h2-8,11-12H,9-10,13H2,1H3,(H,24,26). The van der Waals surface area contributed by atoms with Crippen molar-refractivity contribution < 1.29 is 17.9 Å². The van der Waals surface area contributed by atoms with Crippen molar-refractivity contribution in [2.75, 3.05) is 32.1 Å². The maximum atomic E-state index is 13.4. The number of ether oxygens (including phenoxy) is 1. The molecule has 0 unspecified atom stereocenters. The highest BCUT2D eigenvalue weighted by Crippen LogP contribution is 2.26. The number of pyridine rings is 1. The first-order valence-electron chi connectivity index (χ1n) is 8.89. The van der Waals surface area contributed by atoms with E-state index in [-0.39, 0.29) is 23.1 Å². The van der Waals surface area contributed by atoms with E-state index in [2.05, 4.69) is 10.3 Å². The van der Waals surface area contributed by atoms with E-state index in [1.54, 1.807) is 36.5 Å². The molecule has 7 nitrogen and oxygen atoms in total. The van der Waals surface area contributed by atoms with Gasteiger partial charge in [0.2, 0.25) is 15.9 Å². The first-order valence-corrected chi connectivity index (χ1v) is 11.1. The van der Waals surface area contributed by atoms with Crippen molar-refractivity contribution in [3.05, 3.63) is 64.9 Å². The summed E-state index contributed by atoms with van der Waals surface area (Å²) in [5, 5.41) is 4.48. The number of amides is 1. The SMILES string of the molecule is COCCN(CC(=O)Nc1ccc(Cl)c(Cl)c1)S(=O)(=O)c1cccc2cnccc12. The van der Waals surface area contributed by atoms with Crippen LogP contribution >= 0.6 is 23.2 Å². The number of fused-ring (bicyclic) bond motifs is 1. The lowest BCUT2D eigenvalue weighted by atomic mass is 10.2. The van der Waals surface area contributed by atoms with Crippen LogP contribution in [0.3, 0.4) is 0 Å². The Hall–Kier alpha value is -2.23. The fraction of sp³-hybridized carbons (Fsp3) is 0.200. The van der Waals surface area contributed by atoms with Crippen molar-refractivity contribution in [1.29, 1.82) is 0 Å². The molecular weight excluding hydrogens is 449 g/mol. The maximum absolute atomic E-state index is 13.4. The van der Waals surface area contributed by atoms with Crippen molar-refractivity contribution in [1.82, 2.24) is 9.29 Å². The number of nitrogens with one attached hydrogen (secondary N) is 1. The molecule has 1 aromatic heterocycles. The first kappa shape index (κ1) is 22.5. The normalized spacial score (nSPS) is 11.7. The molecule has 10 heteroatoms. The molecule has 1 amide bonds. The topological polar surface area (TPSA) is 88.6 Å². The van der Waals surface area contributed by atoms with Crippen LogP contribution in [0.4, 0.5) is 5.69 Å². The van der Waals surface area contributed by atoms with Gasteiger partial charge in [-0.25, -0.2) is 8.42 Å². The fourth-order valence-electron chi connectivity index (χ4n) is 2.87. The van der Waals surface area contributed by atoms with Crippen LogP contribution in [0.15, 0.2) is 59.8 Å². The zero-order valence-electron chi connectivity index (χ0n) is 16.0. The molecule has 0 saturated heterocycles. The molecule has 0 bridgehead atoms. The second-order valence-electron chi connectivity index (χ2n) is 6.36. The summed E-state index contributed by atoms with van der Waals surface area (Å²) < 4.78 is 32.9. The Bertz CT molecular complexity index is 1170. The zero-order valence-corrected chi connectivity index (χ0v) is 18.3. The second kappa shape index (κ2) is 9.72. The number of aromatic nitrogens is 1. The van der Waals surface area contributed by atoms with Crippen molar-refractivity contribution in [2.24, 2.45) is 0 Å². The van der Waals surface area contributed by atoms with Crippen LogP contribution in [-0.2, 0) is 19.6 Å². The highest BCUT2D eigenvalue weighted by Gasteiger charge is 2.28. The molecule has 1 N–H and O–H groups in total. The Morgan fingerprint density at radius 3 is 2.70 bits per heavy atom. The summed E-state index contributed by atoms with van der Waals surface area (Å²) in [6, 6.07) is 11.2. The molecule has 2 aromatic carbocycles. The first-order chi connectivity index (χ1) is 14.3. The summed E-state index contributed by atoms with van der Waals surface area (Å²) in [5.74, 6) is -0.519. The van der Waals surface area contributed by atoms with Crippen molar-refractivity contribution in [3.8, 4) is 0 Å². The molecule has 0 spiro atoms. The summed E-state index contributed by atoms with van der Waals surface area (Å²) in [7, 11) is -2.52. The molecule has 158 valence electrons. The summed E-state index contributed by atoms with van der Waals surface area (Å²) >= 11 is 11.9. The lowest BCUT2D eigenvalue weighted by Gasteiger charge is -2.22. The van der Waals surface area contributed by atoms with Gasteiger partial charge in [0.25, 0.3) is 0 Å². The lowest BCUT2D eigenvalue weighted by Crippen LogP contribution is -2.40. The fourth-order valence-corrected chi connectivity index (χ4v) is 4.76. The van der Waals surface area contributed by atoms with E-state index in [0.717, 1.165) is 4.31 Å². The molecule has 0 radical (unpaired) electrons. The number of halogens is 2. The molecule has 0 aliphatic rings. The van der Waals surface area contributed by atoms with Gasteiger partial charge in [-0.3, -0.25) is 9.78 Å². The number of hydrogen-bond donors (Lipinski definition) is 1. The summed E-state index contributed by atoms with van der Waals surface area (Å²) in [6.07, 6.45) is 3.11. The average molecular weight is 468 g/mol. The Labute approximate surface area is 184 Å². The van der Waals surface area contributed by atoms with Gasteiger partial charge in [-0.05, 0) is 30.3 Å². The highest BCUT2D eigenvalue weighted by atomic mass is 35.5. The van der Waals surface area contributed by atoms with Gasteiger partial charge >= 0.3 is 0 Å². The van der Waals surface area contributed by atoms with E-state index >= 15 is 0 Å². The van der Waals surface area contributed by atoms with Crippen LogP contribution in [-0.4, -0.2) is 50.4 Å². The lowest BCUT2D eigenvalue weighted by molar-refractivity contribution is -0.116. The highest BCUT2D eigenvalue weighted by molar-refractivity contribution is 7.89. The van der Waals surface area contributed by atoms with Crippen molar-refractivity contribution in [2.45, 2.75) is 4.90 Å². The van der Waals surface area contributed by atoms with Crippen molar-refractivity contribution in [3.63, 3.8) is 0 Å². The number of benzene rings is 2. The van der Waals surface area contributed by atoms with Crippen LogP contribution in [0.25, 0.3) is 10.8 Å². The smallest absolute Gasteiger partial charge is 0.244 e. The minimum absolute atomic E-state index is 0.00903. The van der Waals surface area contributed by atoms with E-state index in [9.17, 15) is 13.2 Å². The quantitative estimate of drug-likeness (QED) is 0.543. The molecule has 3 aromatic rings. The largest absolute Gasteiger partial charge is 0.383 e. The minimum Gasteiger partial charge on any atom is -0.383 e. The Kier molecular flexibility index (Phi) is 7.27. The van der Waals surface area contributed by atoms with Gasteiger partial charge in [0.1, 0.15) is 0 Å². The van der Waals surface area contributed by atoms with Crippen LogP contribution in [0.5, 0.6) is 0 Å². The second-order valence-corrected chi connectivity index (χ2v) is 9.08. The van der Waals surface area contributed by atoms with Gasteiger partial charge in [-0.2, -0.15) is 4.31 Å². The zero-order chi connectivity index (χ0) is 21.7. The molecule has 3 rings (SSSR count). The van der Waals surface area contributed by atoms with Crippen LogP contribution in [0.2, 0.25) is 10.0 Å². The number of anilines is 1. The van der Waals surface area contributed by atoms with Gasteiger partial charge in [0.05, 0.1) is 28.1 Å². The van der Waals surface area contributed by atoms with Crippen LogP contribution in [0, 0.1) is 0 Å². The van der Waals surface area contributed by atoms with Crippen molar-refractivity contribution >= 4 is 55.6 Å². The average Bonchev–Trinajstić information content (AvgIpc) is 2.73. The maximum Gasteiger partial charge on any atom is 0.244 e. The van der Waals surface area contributed by atoms with E-state index < -0.39 is 22.5 Å². The third kappa shape index (κ3) is 5.08. The molecule has 30 heavy (non-hydrogen) atoms. The predicted octanol–water partition coefficient (Wildman–Crippen LogP) is 3.82. The summed E-state index contributed by atoms with van der Waals surface area (Å²) in [4.78, 5) is 16.7. The van der Waals surface area contributed by atoms with E-state index in [4.69, 9.17) is 27.9 Å². The number of rotatable bonds is 8. The van der Waals surface area contributed by atoms with Gasteiger partial charge in [-0.15, -0.1) is 0 Å². The molecular formula is C20H19Cl2N3O4S. The number of carbonyl (C=O) groups is 1. The molecule has 0 aliphatic heterocycles. The summed E-state index contributed by atoms with van der Waals surface area (Å²) in [6.45, 7) is -0.256. The molecule has 0 fully saturated rings. The van der Waals surface area contributed by atoms with E-state index in [1.165, 1.54) is 25.4 Å². The van der Waals surface area contributed by atoms with Crippen LogP contribution < -0.4 is 5.32 Å². The Morgan fingerprint density at radius 1 is 1.17 bits per heavy atom. The van der Waals surface area contributed by atoms with E-state index in [0.29, 0.717) is 21.5 Å². The predicted molar refractivity (Wildman–Crippen MR) is 117 cm³/mol. The molecule has 1 heterocycles. The van der Waals surface area contributed by atoms with Gasteiger partial charge in [-0.1, -0.05) is 35.3 Å². The minimum atomic E-state index is -3.98. The molecule has 0 atom stereocenters. The molecule has 0 aliphatic carbocycles. The van der Waals surface area contributed by atoms with Gasteiger partial charge in [0, 0.05) is 42.5 Å². The number of sulfonamides is 1. The van der Waals surface area contributed by atoms with Crippen LogP contribution in [0.1, 0.15) is 0 Å². The third-order valence-electron chi connectivity index (χ3n) is 4.33. The third-order valence-corrected chi connectivity index (χ3v) is 6.97. The van der Waals surface area contributed by atoms with Gasteiger partial charge in [0.15, 0.2) is 0 Å². The number of methoxy groups -OCH3 is 1. The summed E-state index contributed by atoms with van der Waals surface area (Å²) in [5.41, 5.74) is 0.412. The van der Waals surface area contributed by atoms with Gasteiger partial charge < -0.3 is 10.1 Å². The van der Waals surface area contributed by atoms with E-state index in [1.807, 2.05) is 0 Å². The number of nitrogens with zero attached hydrogens (tertiary/aromatic N) is 2. The Morgan fingerprint density at radius 2 is 1.97 bits per heavy atom. The number of hydrogen-bond acceptors (Lipinski definition) is 5. The monoisotopic (exact) mass is 467 g/mol.